The van der Waals surface area contributed by atoms with Gasteiger partial charge < -0.3 is 14.2 Å². The van der Waals surface area contributed by atoms with Crippen LogP contribution in [0.25, 0.3) is 0 Å². The Morgan fingerprint density at radius 3 is 2.17 bits per heavy atom. The van der Waals surface area contributed by atoms with E-state index in [0.29, 0.717) is 6.61 Å². The van der Waals surface area contributed by atoms with E-state index in [2.05, 4.69) is 53.5 Å². The molecule has 24 heavy (non-hydrogen) atoms. The van der Waals surface area contributed by atoms with E-state index in [1.807, 2.05) is 12.1 Å². The molecule has 4 heteroatoms. The summed E-state index contributed by atoms with van der Waals surface area (Å²) in [6.07, 6.45) is 6.27. The van der Waals surface area contributed by atoms with Gasteiger partial charge in [-0.15, -0.1) is 0 Å². The molecule has 0 radical (unpaired) electrons. The largest absolute Gasteiger partial charge is 0.486 e. The fraction of sp³-hybridized carbons (Fsp3) is 0.750. The van der Waals surface area contributed by atoms with Crippen LogP contribution >= 0.6 is 0 Å². The third kappa shape index (κ3) is 9.89. The molecular weight excluding hydrogens is 302 g/mol. The summed E-state index contributed by atoms with van der Waals surface area (Å²) < 4.78 is 17.8. The topological polar surface area (TPSA) is 40.6 Å². The van der Waals surface area contributed by atoms with Crippen LogP contribution in [0.4, 0.5) is 0 Å². The average molecular weight is 338 g/mol. The molecule has 0 saturated carbocycles. The second-order valence-corrected chi connectivity index (χ2v) is 8.47. The summed E-state index contributed by atoms with van der Waals surface area (Å²) in [5, 5.41) is 0. The van der Waals surface area contributed by atoms with Crippen molar-refractivity contribution < 1.29 is 14.2 Å². The molecule has 0 unspecified atom stereocenters. The zero-order chi connectivity index (χ0) is 18.3. The Morgan fingerprint density at radius 1 is 0.875 bits per heavy atom. The van der Waals surface area contributed by atoms with E-state index in [1.165, 1.54) is 0 Å². The van der Waals surface area contributed by atoms with E-state index >= 15 is 0 Å². The van der Waals surface area contributed by atoms with Crippen molar-refractivity contribution in [2.45, 2.75) is 84.5 Å². The average Bonchev–Trinajstić information content (AvgIpc) is 2.42. The Labute approximate surface area is 147 Å². The minimum atomic E-state index is -0.230. The highest BCUT2D eigenvalue weighted by Crippen LogP contribution is 2.22. The van der Waals surface area contributed by atoms with Gasteiger partial charge in [0.15, 0.2) is 0 Å². The van der Waals surface area contributed by atoms with Gasteiger partial charge in [0.05, 0.1) is 17.4 Å². The summed E-state index contributed by atoms with van der Waals surface area (Å²) in [6.45, 7) is 16.1. The monoisotopic (exact) mass is 337 g/mol. The second-order valence-electron chi connectivity index (χ2n) is 8.47. The molecule has 0 aromatic carbocycles. The lowest BCUT2D eigenvalue weighted by molar-refractivity contribution is -0.0694. The van der Waals surface area contributed by atoms with Crippen LogP contribution in [0.3, 0.4) is 0 Å². The fourth-order valence-electron chi connectivity index (χ4n) is 2.30. The lowest BCUT2D eigenvalue weighted by Gasteiger charge is -2.29. The van der Waals surface area contributed by atoms with Crippen LogP contribution < -0.4 is 4.74 Å². The lowest BCUT2D eigenvalue weighted by atomic mass is 10.0. The lowest BCUT2D eigenvalue weighted by Crippen LogP contribution is -2.31. The van der Waals surface area contributed by atoms with Gasteiger partial charge >= 0.3 is 0 Å². The molecule has 0 amide bonds. The standard InChI is InChI=1S/C20H35NO3/c1-18(2,3)22-15-12-19(4,5)23-14-9-11-20(6,7)24-17-10-8-13-21-16-17/h8,10,13,16H,9,11-12,14-15H2,1-7H3. The summed E-state index contributed by atoms with van der Waals surface area (Å²) in [4.78, 5) is 4.08. The van der Waals surface area contributed by atoms with Crippen LogP contribution in [0.1, 0.15) is 67.7 Å². The van der Waals surface area contributed by atoms with Gasteiger partial charge in [0, 0.05) is 19.4 Å². The molecule has 0 spiro atoms. The molecule has 0 fully saturated rings. The van der Waals surface area contributed by atoms with Gasteiger partial charge in [-0.25, -0.2) is 0 Å². The van der Waals surface area contributed by atoms with E-state index < -0.39 is 0 Å². The van der Waals surface area contributed by atoms with Crippen molar-refractivity contribution in [1.29, 1.82) is 0 Å². The maximum Gasteiger partial charge on any atom is 0.138 e. The number of pyridine rings is 1. The SMILES string of the molecule is CC(C)(C)OCCC(C)(C)OCCCC(C)(C)Oc1cccnc1. The molecule has 0 aliphatic carbocycles. The number of ether oxygens (including phenoxy) is 3. The molecule has 1 rings (SSSR count). The number of rotatable bonds is 10. The predicted octanol–water partition coefficient (Wildman–Crippen LogP) is 5.02. The van der Waals surface area contributed by atoms with Gasteiger partial charge in [-0.05, 0) is 79.9 Å². The highest BCUT2D eigenvalue weighted by atomic mass is 16.5. The van der Waals surface area contributed by atoms with Crippen molar-refractivity contribution in [3.63, 3.8) is 0 Å². The highest BCUT2D eigenvalue weighted by Gasteiger charge is 2.22. The maximum absolute atomic E-state index is 6.04. The number of hydrogen-bond donors (Lipinski definition) is 0. The summed E-state index contributed by atoms with van der Waals surface area (Å²) in [7, 11) is 0. The molecule has 0 saturated heterocycles. The third-order valence-corrected chi connectivity index (χ3v) is 3.68. The molecule has 0 aliphatic heterocycles. The minimum Gasteiger partial charge on any atom is -0.486 e. The van der Waals surface area contributed by atoms with E-state index in [0.717, 1.165) is 31.6 Å². The van der Waals surface area contributed by atoms with Gasteiger partial charge in [0.2, 0.25) is 0 Å². The van der Waals surface area contributed by atoms with Crippen LogP contribution in [-0.2, 0) is 9.47 Å². The van der Waals surface area contributed by atoms with Gasteiger partial charge in [0.1, 0.15) is 11.4 Å². The first-order valence-electron chi connectivity index (χ1n) is 8.86. The molecule has 1 aromatic rings. The zero-order valence-electron chi connectivity index (χ0n) is 16.5. The van der Waals surface area contributed by atoms with Crippen LogP contribution in [0.15, 0.2) is 24.5 Å². The zero-order valence-corrected chi connectivity index (χ0v) is 16.5. The first kappa shape index (κ1) is 20.9. The second kappa shape index (κ2) is 8.82. The summed E-state index contributed by atoms with van der Waals surface area (Å²) in [6, 6.07) is 3.82. The maximum atomic E-state index is 6.04. The molecule has 0 N–H and O–H groups in total. The molecule has 138 valence electrons. The molecule has 1 heterocycles. The van der Waals surface area contributed by atoms with Gasteiger partial charge in [-0.3, -0.25) is 4.98 Å². The van der Waals surface area contributed by atoms with Gasteiger partial charge in [0.25, 0.3) is 0 Å². The molecule has 0 aliphatic rings. The number of aromatic nitrogens is 1. The Hall–Kier alpha value is -1.13. The summed E-state index contributed by atoms with van der Waals surface area (Å²) in [5.41, 5.74) is -0.491. The third-order valence-electron chi connectivity index (χ3n) is 3.68. The number of nitrogens with zero attached hydrogens (tertiary/aromatic N) is 1. The Kier molecular flexibility index (Phi) is 7.68. The summed E-state index contributed by atoms with van der Waals surface area (Å²) >= 11 is 0. The minimum absolute atomic E-state index is 0.0935. The fourth-order valence-corrected chi connectivity index (χ4v) is 2.30. The molecule has 1 aromatic heterocycles. The first-order valence-corrected chi connectivity index (χ1v) is 8.86. The molecule has 0 atom stereocenters. The molecule has 0 bridgehead atoms. The van der Waals surface area contributed by atoms with Crippen molar-refractivity contribution in [3.8, 4) is 5.75 Å². The van der Waals surface area contributed by atoms with Crippen molar-refractivity contribution in [1.82, 2.24) is 4.98 Å². The van der Waals surface area contributed by atoms with E-state index in [-0.39, 0.29) is 16.8 Å². The number of hydrogen-bond acceptors (Lipinski definition) is 4. The van der Waals surface area contributed by atoms with Gasteiger partial charge in [-0.1, -0.05) is 0 Å². The molecular formula is C20H35NO3. The smallest absolute Gasteiger partial charge is 0.138 e. The Balaban J connectivity index is 2.26. The van der Waals surface area contributed by atoms with Crippen molar-refractivity contribution >= 4 is 0 Å². The van der Waals surface area contributed by atoms with E-state index in [9.17, 15) is 0 Å². The normalized spacial score (nSPS) is 13.1. The van der Waals surface area contributed by atoms with Crippen molar-refractivity contribution in [2.75, 3.05) is 13.2 Å². The van der Waals surface area contributed by atoms with Gasteiger partial charge in [-0.2, -0.15) is 0 Å². The quantitative estimate of drug-likeness (QED) is 0.562. The Morgan fingerprint density at radius 2 is 1.58 bits per heavy atom. The van der Waals surface area contributed by atoms with E-state index in [1.54, 1.807) is 12.4 Å². The van der Waals surface area contributed by atoms with Crippen LogP contribution in [0.2, 0.25) is 0 Å². The van der Waals surface area contributed by atoms with Crippen molar-refractivity contribution in [2.24, 2.45) is 0 Å². The predicted molar refractivity (Wildman–Crippen MR) is 98.5 cm³/mol. The molecule has 4 nitrogen and oxygen atoms in total. The van der Waals surface area contributed by atoms with Crippen molar-refractivity contribution in [3.05, 3.63) is 24.5 Å². The Bertz CT molecular complexity index is 464. The highest BCUT2D eigenvalue weighted by molar-refractivity contribution is 5.16. The van der Waals surface area contributed by atoms with Crippen LogP contribution in [0.5, 0.6) is 5.75 Å². The van der Waals surface area contributed by atoms with Crippen LogP contribution in [-0.4, -0.2) is 35.0 Å². The summed E-state index contributed by atoms with van der Waals surface area (Å²) in [5.74, 6) is 0.808. The van der Waals surface area contributed by atoms with E-state index in [4.69, 9.17) is 14.2 Å². The first-order chi connectivity index (χ1) is 11.0. The van der Waals surface area contributed by atoms with Crippen LogP contribution in [0, 0.1) is 0 Å².